The summed E-state index contributed by atoms with van der Waals surface area (Å²) in [5, 5.41) is 0. The minimum Gasteiger partial charge on any atom is -0.447 e. The number of hydrogen-bond donors (Lipinski definition) is 0. The zero-order valence-electron chi connectivity index (χ0n) is 11.5. The van der Waals surface area contributed by atoms with E-state index in [0.717, 1.165) is 50.5 Å². The lowest BCUT2D eigenvalue weighted by atomic mass is 9.87. The first-order valence-electron chi connectivity index (χ1n) is 7.40. The molecule has 1 heterocycles. The van der Waals surface area contributed by atoms with Crippen LogP contribution in [0.2, 0.25) is 0 Å². The van der Waals surface area contributed by atoms with E-state index in [2.05, 4.69) is 0 Å². The predicted octanol–water partition coefficient (Wildman–Crippen LogP) is 3.64. The van der Waals surface area contributed by atoms with E-state index >= 15 is 0 Å². The van der Waals surface area contributed by atoms with Crippen LogP contribution < -0.4 is 0 Å². The molecule has 0 bridgehead atoms. The van der Waals surface area contributed by atoms with Gasteiger partial charge in [-0.2, -0.15) is 0 Å². The average molecular weight is 282 g/mol. The Hall–Kier alpha value is -0.480. The molecule has 1 aliphatic heterocycles. The summed E-state index contributed by atoms with van der Waals surface area (Å²) in [5.74, 6) is 0.476. The first kappa shape index (κ1) is 13.5. The maximum absolute atomic E-state index is 12.1. The zero-order chi connectivity index (χ0) is 13.2. The fourth-order valence-electron chi connectivity index (χ4n) is 3.35. The second-order valence-electron chi connectivity index (χ2n) is 5.77. The van der Waals surface area contributed by atoms with Gasteiger partial charge >= 0.3 is 5.97 Å². The number of esters is 1. The molecular weight excluding hydrogens is 260 g/mol. The number of ether oxygens (including phenoxy) is 2. The Labute approximate surface area is 119 Å². The Bertz CT molecular complexity index is 383. The largest absolute Gasteiger partial charge is 0.447 e. The first-order valence-corrected chi connectivity index (χ1v) is 8.28. The summed E-state index contributed by atoms with van der Waals surface area (Å²) in [6.07, 6.45) is 9.20. The number of methoxy groups -OCH3 is 1. The highest BCUT2D eigenvalue weighted by Crippen LogP contribution is 2.45. The van der Waals surface area contributed by atoms with Crippen LogP contribution in [-0.4, -0.2) is 24.6 Å². The Balaban J connectivity index is 1.65. The van der Waals surface area contributed by atoms with Gasteiger partial charge in [0.15, 0.2) is 5.44 Å². The van der Waals surface area contributed by atoms with Crippen LogP contribution in [-0.2, 0) is 14.3 Å². The van der Waals surface area contributed by atoms with Crippen LogP contribution in [0, 0.1) is 5.92 Å². The summed E-state index contributed by atoms with van der Waals surface area (Å²) in [4.78, 5) is 13.4. The molecule has 0 amide bonds. The molecule has 3 rings (SSSR count). The lowest BCUT2D eigenvalue weighted by molar-refractivity contribution is -0.143. The number of thioether (sulfide) groups is 1. The molecular formula is C15H22O3S. The molecule has 0 aromatic rings. The molecule has 1 unspecified atom stereocenters. The molecule has 4 heteroatoms. The molecule has 0 aromatic heterocycles. The lowest BCUT2D eigenvalue weighted by Gasteiger charge is -2.36. The number of carbonyl (C=O) groups excluding carboxylic acids is 1. The maximum Gasteiger partial charge on any atom is 0.335 e. The van der Waals surface area contributed by atoms with Gasteiger partial charge in [0.2, 0.25) is 0 Å². The van der Waals surface area contributed by atoms with Gasteiger partial charge in [-0.05, 0) is 56.3 Å². The Kier molecular flexibility index (Phi) is 4.18. The van der Waals surface area contributed by atoms with Gasteiger partial charge < -0.3 is 9.47 Å². The van der Waals surface area contributed by atoms with Crippen LogP contribution in [0.3, 0.4) is 0 Å². The van der Waals surface area contributed by atoms with Crippen LogP contribution in [0.25, 0.3) is 0 Å². The van der Waals surface area contributed by atoms with E-state index in [1.807, 2.05) is 11.8 Å². The molecule has 1 fully saturated rings. The zero-order valence-corrected chi connectivity index (χ0v) is 12.3. The first-order chi connectivity index (χ1) is 9.28. The van der Waals surface area contributed by atoms with Gasteiger partial charge in [0.25, 0.3) is 0 Å². The molecule has 0 saturated heterocycles. The topological polar surface area (TPSA) is 35.5 Å². The van der Waals surface area contributed by atoms with Crippen molar-refractivity contribution in [1.29, 1.82) is 0 Å². The van der Waals surface area contributed by atoms with Crippen molar-refractivity contribution < 1.29 is 14.3 Å². The predicted molar refractivity (Wildman–Crippen MR) is 75.7 cm³/mol. The highest BCUT2D eigenvalue weighted by Gasteiger charge is 2.36. The summed E-state index contributed by atoms with van der Waals surface area (Å²) in [5.41, 5.74) is 1.03. The standard InChI is InChI=1S/C15H22O3S/c1-17-11-8-6-10(7-9-11)15-18-14(16)12-4-2-3-5-13(12)19-15/h10-11,15H,2-9H2,1H3. The van der Waals surface area contributed by atoms with Gasteiger partial charge in [-0.3, -0.25) is 0 Å². The SMILES string of the molecule is COC1CCC(C2OC(=O)C3=C(CCCC3)S2)CC1. The molecule has 3 aliphatic rings. The van der Waals surface area contributed by atoms with E-state index in [-0.39, 0.29) is 11.4 Å². The number of rotatable bonds is 2. The highest BCUT2D eigenvalue weighted by molar-refractivity contribution is 8.03. The summed E-state index contributed by atoms with van der Waals surface area (Å²) >= 11 is 1.83. The third-order valence-corrected chi connectivity index (χ3v) is 6.03. The summed E-state index contributed by atoms with van der Waals surface area (Å²) in [6.45, 7) is 0. The van der Waals surface area contributed by atoms with Crippen molar-refractivity contribution in [3.63, 3.8) is 0 Å². The van der Waals surface area contributed by atoms with Crippen LogP contribution in [0.15, 0.2) is 10.5 Å². The molecule has 0 spiro atoms. The van der Waals surface area contributed by atoms with Crippen molar-refractivity contribution in [1.82, 2.24) is 0 Å². The lowest BCUT2D eigenvalue weighted by Crippen LogP contribution is -2.33. The van der Waals surface area contributed by atoms with Gasteiger partial charge in [-0.25, -0.2) is 4.79 Å². The number of hydrogen-bond acceptors (Lipinski definition) is 4. The number of allylic oxidation sites excluding steroid dienone is 1. The van der Waals surface area contributed by atoms with E-state index in [4.69, 9.17) is 9.47 Å². The Morgan fingerprint density at radius 3 is 2.63 bits per heavy atom. The van der Waals surface area contributed by atoms with E-state index < -0.39 is 0 Å². The fourth-order valence-corrected chi connectivity index (χ4v) is 4.82. The van der Waals surface area contributed by atoms with E-state index in [9.17, 15) is 4.79 Å². The molecule has 0 radical (unpaired) electrons. The van der Waals surface area contributed by atoms with Gasteiger partial charge in [-0.1, -0.05) is 11.8 Å². The molecule has 0 aromatic carbocycles. The van der Waals surface area contributed by atoms with Crippen molar-refractivity contribution in [3.05, 3.63) is 10.5 Å². The molecule has 1 saturated carbocycles. The molecule has 106 valence electrons. The monoisotopic (exact) mass is 282 g/mol. The molecule has 0 N–H and O–H groups in total. The Morgan fingerprint density at radius 2 is 1.89 bits per heavy atom. The van der Waals surface area contributed by atoms with Crippen LogP contribution >= 0.6 is 11.8 Å². The third kappa shape index (κ3) is 2.84. The van der Waals surface area contributed by atoms with Crippen LogP contribution in [0.4, 0.5) is 0 Å². The van der Waals surface area contributed by atoms with Crippen LogP contribution in [0.1, 0.15) is 51.4 Å². The quantitative estimate of drug-likeness (QED) is 0.724. The third-order valence-electron chi connectivity index (χ3n) is 4.58. The normalized spacial score (nSPS) is 35.8. The molecule has 3 nitrogen and oxygen atoms in total. The average Bonchev–Trinajstić information content (AvgIpc) is 2.47. The van der Waals surface area contributed by atoms with Crippen molar-refractivity contribution >= 4 is 17.7 Å². The van der Waals surface area contributed by atoms with Crippen molar-refractivity contribution in [2.75, 3.05) is 7.11 Å². The second kappa shape index (κ2) is 5.88. The minimum atomic E-state index is -0.0349. The fraction of sp³-hybridized carbons (Fsp3) is 0.800. The summed E-state index contributed by atoms with van der Waals surface area (Å²) in [7, 11) is 1.79. The minimum absolute atomic E-state index is 0.0349. The molecule has 19 heavy (non-hydrogen) atoms. The van der Waals surface area contributed by atoms with Gasteiger partial charge in [-0.15, -0.1) is 0 Å². The molecule has 2 aliphatic carbocycles. The maximum atomic E-state index is 12.1. The second-order valence-corrected chi connectivity index (χ2v) is 6.97. The van der Waals surface area contributed by atoms with Crippen LogP contribution in [0.5, 0.6) is 0 Å². The van der Waals surface area contributed by atoms with Crippen molar-refractivity contribution in [3.8, 4) is 0 Å². The number of cyclic esters (lactones) is 1. The van der Waals surface area contributed by atoms with Gasteiger partial charge in [0.1, 0.15) is 0 Å². The number of carbonyl (C=O) groups is 1. The molecule has 1 atom stereocenters. The van der Waals surface area contributed by atoms with Gasteiger partial charge in [0.05, 0.1) is 6.10 Å². The smallest absolute Gasteiger partial charge is 0.335 e. The summed E-state index contributed by atoms with van der Waals surface area (Å²) in [6, 6.07) is 0. The van der Waals surface area contributed by atoms with Gasteiger partial charge in [0, 0.05) is 18.6 Å². The highest BCUT2D eigenvalue weighted by atomic mass is 32.2. The summed E-state index contributed by atoms with van der Waals surface area (Å²) < 4.78 is 11.1. The van der Waals surface area contributed by atoms with E-state index in [1.54, 1.807) is 7.11 Å². The Morgan fingerprint density at radius 1 is 1.16 bits per heavy atom. The van der Waals surface area contributed by atoms with E-state index in [1.165, 1.54) is 11.3 Å². The van der Waals surface area contributed by atoms with Crippen molar-refractivity contribution in [2.24, 2.45) is 5.92 Å². The van der Waals surface area contributed by atoms with E-state index in [0.29, 0.717) is 12.0 Å². The van der Waals surface area contributed by atoms with Crippen molar-refractivity contribution in [2.45, 2.75) is 62.9 Å².